The van der Waals surface area contributed by atoms with Crippen molar-refractivity contribution in [3.63, 3.8) is 0 Å². The molecule has 1 heterocycles. The molecule has 0 unspecified atom stereocenters. The lowest BCUT2D eigenvalue weighted by molar-refractivity contribution is -0.134. The fraction of sp³-hybridized carbons (Fsp3) is 0.542. The maximum Gasteiger partial charge on any atom is 0.311 e. The molecule has 0 saturated heterocycles. The van der Waals surface area contributed by atoms with Crippen LogP contribution < -0.4 is 9.47 Å². The first kappa shape index (κ1) is 23.8. The normalized spacial score (nSPS) is 10.7. The van der Waals surface area contributed by atoms with Crippen molar-refractivity contribution in [2.24, 2.45) is 0 Å². The van der Waals surface area contributed by atoms with Crippen LogP contribution in [-0.4, -0.2) is 35.8 Å². The van der Waals surface area contributed by atoms with Gasteiger partial charge in [0.1, 0.15) is 5.75 Å². The van der Waals surface area contributed by atoms with Crippen LogP contribution in [0.1, 0.15) is 65.2 Å². The molecule has 0 atom stereocenters. The second kappa shape index (κ2) is 14.5. The van der Waals surface area contributed by atoms with Crippen LogP contribution in [-0.2, 0) is 9.53 Å². The molecule has 2 aromatic rings. The number of hydrogen-bond donors (Lipinski definition) is 0. The number of rotatable bonds is 15. The van der Waals surface area contributed by atoms with E-state index < -0.39 is 0 Å². The average molecular weight is 415 g/mol. The Kier molecular flexibility index (Phi) is 11.5. The summed E-state index contributed by atoms with van der Waals surface area (Å²) in [6.07, 6.45) is 11.0. The van der Waals surface area contributed by atoms with Gasteiger partial charge in [0, 0.05) is 25.2 Å². The van der Waals surface area contributed by atoms with E-state index in [1.807, 2.05) is 12.1 Å². The van der Waals surface area contributed by atoms with Gasteiger partial charge < -0.3 is 14.2 Å². The van der Waals surface area contributed by atoms with Crippen LogP contribution in [0.15, 0.2) is 36.7 Å². The van der Waals surface area contributed by atoms with E-state index in [1.165, 1.54) is 0 Å². The van der Waals surface area contributed by atoms with E-state index in [2.05, 4.69) is 23.8 Å². The second-order valence-electron chi connectivity index (χ2n) is 7.22. The third kappa shape index (κ3) is 9.35. The number of benzene rings is 1. The highest BCUT2D eigenvalue weighted by Gasteiger charge is 2.06. The highest BCUT2D eigenvalue weighted by molar-refractivity contribution is 5.72. The first-order valence-electron chi connectivity index (χ1n) is 11.1. The maximum atomic E-state index is 11.8. The minimum absolute atomic E-state index is 0.193. The lowest BCUT2D eigenvalue weighted by Gasteiger charge is -2.07. The number of carbonyl (C=O) groups excluding carboxylic acids is 1. The van der Waals surface area contributed by atoms with Gasteiger partial charge in [-0.1, -0.05) is 33.1 Å². The number of esters is 1. The monoisotopic (exact) mass is 414 g/mol. The first-order valence-corrected chi connectivity index (χ1v) is 11.1. The van der Waals surface area contributed by atoms with E-state index in [4.69, 9.17) is 14.2 Å². The van der Waals surface area contributed by atoms with Crippen LogP contribution >= 0.6 is 0 Å². The zero-order chi connectivity index (χ0) is 21.4. The molecule has 6 heteroatoms. The summed E-state index contributed by atoms with van der Waals surface area (Å²) in [5.74, 6) is 1.61. The summed E-state index contributed by atoms with van der Waals surface area (Å²) in [6, 6.07) is 7.24. The summed E-state index contributed by atoms with van der Waals surface area (Å²) in [5.41, 5.74) is 0.858. The van der Waals surface area contributed by atoms with Gasteiger partial charge in [-0.25, -0.2) is 9.97 Å². The van der Waals surface area contributed by atoms with Gasteiger partial charge in [-0.3, -0.25) is 4.79 Å². The van der Waals surface area contributed by atoms with Gasteiger partial charge in [0.2, 0.25) is 0 Å². The molecule has 30 heavy (non-hydrogen) atoms. The van der Waals surface area contributed by atoms with Gasteiger partial charge in [-0.2, -0.15) is 0 Å². The zero-order valence-electron chi connectivity index (χ0n) is 18.3. The van der Waals surface area contributed by atoms with Crippen molar-refractivity contribution in [2.45, 2.75) is 65.2 Å². The van der Waals surface area contributed by atoms with Crippen molar-refractivity contribution >= 4 is 5.97 Å². The number of nitrogens with zero attached hydrogens (tertiary/aromatic N) is 2. The number of aromatic nitrogens is 2. The van der Waals surface area contributed by atoms with Gasteiger partial charge in [0.15, 0.2) is 11.6 Å². The average Bonchev–Trinajstić information content (AvgIpc) is 2.77. The van der Waals surface area contributed by atoms with Gasteiger partial charge in [0.25, 0.3) is 0 Å². The van der Waals surface area contributed by atoms with Gasteiger partial charge in [-0.05, 0) is 49.9 Å². The van der Waals surface area contributed by atoms with E-state index in [-0.39, 0.29) is 5.97 Å². The fourth-order valence-electron chi connectivity index (χ4n) is 2.76. The van der Waals surface area contributed by atoms with Crippen LogP contribution in [0.2, 0.25) is 0 Å². The fourth-order valence-corrected chi connectivity index (χ4v) is 2.76. The Hall–Kier alpha value is -2.47. The van der Waals surface area contributed by atoms with Crippen LogP contribution in [0.4, 0.5) is 0 Å². The molecule has 0 aliphatic rings. The maximum absolute atomic E-state index is 11.8. The highest BCUT2D eigenvalue weighted by Crippen LogP contribution is 2.21. The number of unbranched alkanes of at least 4 members (excludes halogenated alkanes) is 4. The summed E-state index contributed by atoms with van der Waals surface area (Å²) in [4.78, 5) is 20.5. The minimum Gasteiger partial charge on any atom is -0.490 e. The Morgan fingerprint density at radius 3 is 2.17 bits per heavy atom. The molecule has 1 aromatic carbocycles. The summed E-state index contributed by atoms with van der Waals surface area (Å²) in [7, 11) is 0. The molecule has 1 aromatic heterocycles. The third-order valence-electron chi connectivity index (χ3n) is 4.55. The van der Waals surface area contributed by atoms with Crippen LogP contribution in [0.5, 0.6) is 11.5 Å². The first-order chi connectivity index (χ1) is 14.7. The highest BCUT2D eigenvalue weighted by atomic mass is 16.5. The molecule has 0 bridgehead atoms. The van der Waals surface area contributed by atoms with Crippen molar-refractivity contribution in [1.82, 2.24) is 9.97 Å². The molecule has 6 nitrogen and oxygen atoms in total. The van der Waals surface area contributed by atoms with Crippen LogP contribution in [0.25, 0.3) is 11.4 Å². The SMILES string of the molecule is CCCCCC(=O)Oc1ccc(-c2ncc(OCCCCOCCCC)cn2)cc1. The quantitative estimate of drug-likeness (QED) is 0.214. The Morgan fingerprint density at radius 2 is 1.47 bits per heavy atom. The largest absolute Gasteiger partial charge is 0.490 e. The standard InChI is InChI=1S/C24H34N2O4/c1-3-5-7-10-23(27)30-21-13-11-20(12-14-21)24-25-18-22(19-26-24)29-17-9-8-16-28-15-6-4-2/h11-14,18-19H,3-10,15-17H2,1-2H3. The smallest absolute Gasteiger partial charge is 0.311 e. The molecule has 0 N–H and O–H groups in total. The zero-order valence-corrected chi connectivity index (χ0v) is 18.3. The molecule has 2 rings (SSSR count). The van der Waals surface area contributed by atoms with E-state index in [9.17, 15) is 4.79 Å². The summed E-state index contributed by atoms with van der Waals surface area (Å²) in [5, 5.41) is 0. The number of hydrogen-bond acceptors (Lipinski definition) is 6. The van der Waals surface area contributed by atoms with Crippen molar-refractivity contribution in [3.8, 4) is 22.9 Å². The molecular formula is C24H34N2O4. The van der Waals surface area contributed by atoms with Gasteiger partial charge in [0.05, 0.1) is 19.0 Å². The number of carbonyl (C=O) groups is 1. The molecule has 164 valence electrons. The van der Waals surface area contributed by atoms with Crippen LogP contribution in [0, 0.1) is 0 Å². The molecular weight excluding hydrogens is 380 g/mol. The Bertz CT molecular complexity index is 717. The Balaban J connectivity index is 1.72. The molecule has 0 spiro atoms. The number of ether oxygens (including phenoxy) is 3. The minimum atomic E-state index is -0.193. The van der Waals surface area contributed by atoms with Gasteiger partial charge >= 0.3 is 5.97 Å². The van der Waals surface area contributed by atoms with E-state index in [0.717, 1.165) is 63.7 Å². The van der Waals surface area contributed by atoms with E-state index in [0.29, 0.717) is 30.4 Å². The van der Waals surface area contributed by atoms with Crippen molar-refractivity contribution in [3.05, 3.63) is 36.7 Å². The third-order valence-corrected chi connectivity index (χ3v) is 4.55. The molecule has 0 aliphatic carbocycles. The van der Waals surface area contributed by atoms with E-state index >= 15 is 0 Å². The van der Waals surface area contributed by atoms with Crippen molar-refractivity contribution < 1.29 is 19.0 Å². The predicted octanol–water partition coefficient (Wildman–Crippen LogP) is 5.61. The molecule has 0 amide bonds. The van der Waals surface area contributed by atoms with E-state index in [1.54, 1.807) is 24.5 Å². The Labute approximate surface area is 180 Å². The second-order valence-corrected chi connectivity index (χ2v) is 7.22. The molecule has 0 fully saturated rings. The lowest BCUT2D eigenvalue weighted by atomic mass is 10.2. The summed E-state index contributed by atoms with van der Waals surface area (Å²) < 4.78 is 16.6. The van der Waals surface area contributed by atoms with Gasteiger partial charge in [-0.15, -0.1) is 0 Å². The molecule has 0 saturated carbocycles. The van der Waals surface area contributed by atoms with Crippen molar-refractivity contribution in [2.75, 3.05) is 19.8 Å². The lowest BCUT2D eigenvalue weighted by Crippen LogP contribution is -2.07. The van der Waals surface area contributed by atoms with Crippen LogP contribution in [0.3, 0.4) is 0 Å². The summed E-state index contributed by atoms with van der Waals surface area (Å²) >= 11 is 0. The Morgan fingerprint density at radius 1 is 0.800 bits per heavy atom. The predicted molar refractivity (Wildman–Crippen MR) is 118 cm³/mol. The summed E-state index contributed by atoms with van der Waals surface area (Å²) in [6.45, 7) is 6.51. The molecule has 0 aliphatic heterocycles. The topological polar surface area (TPSA) is 70.5 Å². The molecule has 0 radical (unpaired) electrons. The van der Waals surface area contributed by atoms with Crippen molar-refractivity contribution in [1.29, 1.82) is 0 Å².